The number of anilines is 1. The van der Waals surface area contributed by atoms with Gasteiger partial charge in [-0.25, -0.2) is 8.42 Å². The highest BCUT2D eigenvalue weighted by atomic mass is 32.2. The summed E-state index contributed by atoms with van der Waals surface area (Å²) in [5.41, 5.74) is 2.43. The zero-order valence-corrected chi connectivity index (χ0v) is 15.2. The average Bonchev–Trinajstić information content (AvgIpc) is 3.14. The van der Waals surface area contributed by atoms with Crippen molar-refractivity contribution in [1.82, 2.24) is 5.32 Å². The second-order valence-electron chi connectivity index (χ2n) is 6.78. The van der Waals surface area contributed by atoms with Gasteiger partial charge < -0.3 is 15.1 Å². The number of benzene rings is 2. The van der Waals surface area contributed by atoms with Crippen LogP contribution in [0, 0.1) is 0 Å². The molecule has 1 fully saturated rings. The van der Waals surface area contributed by atoms with Crippen molar-refractivity contribution >= 4 is 43.4 Å². The Morgan fingerprint density at radius 3 is 2.69 bits per heavy atom. The lowest BCUT2D eigenvalue weighted by Crippen LogP contribution is -2.43. The third kappa shape index (κ3) is 3.26. The standard InChI is InChI=1S/C19H20N2O4S/c1-12(19(22)21-14-8-9-26(23,24)11-14)20-13-6-7-18-16(10-13)15-4-2-3-5-17(15)25-18/h2-7,10,12,14,20H,8-9,11H2,1H3,(H,21,22)/t12-,14+/m0/s1. The van der Waals surface area contributed by atoms with Crippen LogP contribution in [0.4, 0.5) is 5.69 Å². The second-order valence-corrected chi connectivity index (χ2v) is 9.01. The summed E-state index contributed by atoms with van der Waals surface area (Å²) in [5, 5.41) is 8.01. The van der Waals surface area contributed by atoms with Crippen LogP contribution in [0.1, 0.15) is 13.3 Å². The lowest BCUT2D eigenvalue weighted by molar-refractivity contribution is -0.122. The van der Waals surface area contributed by atoms with Crippen LogP contribution in [0.25, 0.3) is 21.9 Å². The van der Waals surface area contributed by atoms with Crippen molar-refractivity contribution in [3.05, 3.63) is 42.5 Å². The number of carbonyl (C=O) groups excluding carboxylic acids is 1. The summed E-state index contributed by atoms with van der Waals surface area (Å²) in [6.07, 6.45) is 0.480. The Kier molecular flexibility index (Phi) is 4.11. The van der Waals surface area contributed by atoms with Crippen LogP contribution in [0.5, 0.6) is 0 Å². The van der Waals surface area contributed by atoms with Gasteiger partial charge in [0, 0.05) is 22.5 Å². The molecule has 0 bridgehead atoms. The maximum atomic E-state index is 12.4. The van der Waals surface area contributed by atoms with Crippen LogP contribution in [0.3, 0.4) is 0 Å². The number of para-hydroxylation sites is 1. The molecule has 2 aromatic carbocycles. The monoisotopic (exact) mass is 372 g/mol. The van der Waals surface area contributed by atoms with E-state index in [0.29, 0.717) is 6.42 Å². The van der Waals surface area contributed by atoms with E-state index in [4.69, 9.17) is 4.42 Å². The zero-order chi connectivity index (χ0) is 18.3. The Morgan fingerprint density at radius 2 is 1.92 bits per heavy atom. The van der Waals surface area contributed by atoms with Crippen molar-refractivity contribution in [2.24, 2.45) is 0 Å². The fourth-order valence-corrected chi connectivity index (χ4v) is 5.04. The number of amides is 1. The third-order valence-corrected chi connectivity index (χ3v) is 6.50. The van der Waals surface area contributed by atoms with Gasteiger partial charge >= 0.3 is 0 Å². The number of furan rings is 1. The summed E-state index contributed by atoms with van der Waals surface area (Å²) in [5.74, 6) is -0.0353. The Balaban J connectivity index is 1.49. The molecule has 2 heterocycles. The Labute approximate surface area is 151 Å². The molecule has 0 radical (unpaired) electrons. The minimum Gasteiger partial charge on any atom is -0.456 e. The van der Waals surface area contributed by atoms with Crippen LogP contribution in [0.15, 0.2) is 46.9 Å². The van der Waals surface area contributed by atoms with Crippen molar-refractivity contribution in [2.45, 2.75) is 25.4 Å². The van der Waals surface area contributed by atoms with Gasteiger partial charge in [0.05, 0.1) is 11.5 Å². The average molecular weight is 372 g/mol. The highest BCUT2D eigenvalue weighted by molar-refractivity contribution is 7.91. The number of hydrogen-bond donors (Lipinski definition) is 2. The van der Waals surface area contributed by atoms with E-state index in [1.165, 1.54) is 0 Å². The third-order valence-electron chi connectivity index (χ3n) is 4.73. The van der Waals surface area contributed by atoms with E-state index in [1.807, 2.05) is 42.5 Å². The molecule has 4 rings (SSSR count). The summed E-state index contributed by atoms with van der Waals surface area (Å²) >= 11 is 0. The summed E-state index contributed by atoms with van der Waals surface area (Å²) < 4.78 is 28.8. The quantitative estimate of drug-likeness (QED) is 0.735. The molecule has 1 aliphatic heterocycles. The highest BCUT2D eigenvalue weighted by Crippen LogP contribution is 2.30. The normalized spacial score (nSPS) is 20.3. The first-order valence-corrected chi connectivity index (χ1v) is 10.4. The molecule has 1 aliphatic rings. The lowest BCUT2D eigenvalue weighted by atomic mass is 10.1. The van der Waals surface area contributed by atoms with Crippen LogP contribution in [-0.4, -0.2) is 37.9 Å². The molecule has 2 N–H and O–H groups in total. The molecule has 6 nitrogen and oxygen atoms in total. The van der Waals surface area contributed by atoms with Crippen molar-refractivity contribution in [1.29, 1.82) is 0 Å². The SMILES string of the molecule is C[C@H](Nc1ccc2oc3ccccc3c2c1)C(=O)N[C@@H]1CCS(=O)(=O)C1. The number of fused-ring (bicyclic) bond motifs is 3. The molecular formula is C19H20N2O4S. The molecule has 3 aromatic rings. The van der Waals surface area contributed by atoms with Crippen molar-refractivity contribution in [3.8, 4) is 0 Å². The van der Waals surface area contributed by atoms with Gasteiger partial charge in [-0.2, -0.15) is 0 Å². The lowest BCUT2D eigenvalue weighted by Gasteiger charge is -2.18. The van der Waals surface area contributed by atoms with E-state index in [2.05, 4.69) is 10.6 Å². The second kappa shape index (κ2) is 6.32. The van der Waals surface area contributed by atoms with Crippen LogP contribution in [0.2, 0.25) is 0 Å². The van der Waals surface area contributed by atoms with Crippen molar-refractivity contribution in [2.75, 3.05) is 16.8 Å². The Morgan fingerprint density at radius 1 is 1.15 bits per heavy atom. The van der Waals surface area contributed by atoms with E-state index in [-0.39, 0.29) is 23.5 Å². The molecule has 0 spiro atoms. The van der Waals surface area contributed by atoms with Gasteiger partial charge in [0.2, 0.25) is 5.91 Å². The molecule has 26 heavy (non-hydrogen) atoms. The Hall–Kier alpha value is -2.54. The van der Waals surface area contributed by atoms with Crippen molar-refractivity contribution < 1.29 is 17.6 Å². The summed E-state index contributed by atoms with van der Waals surface area (Å²) in [6.45, 7) is 1.76. The molecule has 2 atom stereocenters. The highest BCUT2D eigenvalue weighted by Gasteiger charge is 2.29. The summed E-state index contributed by atoms with van der Waals surface area (Å²) in [4.78, 5) is 12.4. The summed E-state index contributed by atoms with van der Waals surface area (Å²) in [7, 11) is -3.01. The molecule has 1 amide bonds. The van der Waals surface area contributed by atoms with Gasteiger partial charge in [0.1, 0.15) is 17.2 Å². The van der Waals surface area contributed by atoms with Crippen LogP contribution >= 0.6 is 0 Å². The molecule has 136 valence electrons. The van der Waals surface area contributed by atoms with Crippen LogP contribution in [-0.2, 0) is 14.6 Å². The van der Waals surface area contributed by atoms with E-state index >= 15 is 0 Å². The fourth-order valence-electron chi connectivity index (χ4n) is 3.37. The maximum Gasteiger partial charge on any atom is 0.242 e. The van der Waals surface area contributed by atoms with Gasteiger partial charge in [-0.1, -0.05) is 18.2 Å². The number of rotatable bonds is 4. The van der Waals surface area contributed by atoms with Gasteiger partial charge in [-0.15, -0.1) is 0 Å². The first-order chi connectivity index (χ1) is 12.4. The topological polar surface area (TPSA) is 88.4 Å². The summed E-state index contributed by atoms with van der Waals surface area (Å²) in [6, 6.07) is 12.8. The number of nitrogens with one attached hydrogen (secondary N) is 2. The molecule has 1 saturated heterocycles. The first-order valence-electron chi connectivity index (χ1n) is 8.60. The predicted molar refractivity (Wildman–Crippen MR) is 102 cm³/mol. The van der Waals surface area contributed by atoms with Gasteiger partial charge in [0.25, 0.3) is 0 Å². The predicted octanol–water partition coefficient (Wildman–Crippen LogP) is 2.69. The fraction of sp³-hybridized carbons (Fsp3) is 0.316. The maximum absolute atomic E-state index is 12.4. The van der Waals surface area contributed by atoms with Gasteiger partial charge in [-0.3, -0.25) is 4.79 Å². The molecular weight excluding hydrogens is 352 g/mol. The van der Waals surface area contributed by atoms with Gasteiger partial charge in [0.15, 0.2) is 9.84 Å². The van der Waals surface area contributed by atoms with E-state index in [9.17, 15) is 13.2 Å². The minimum atomic E-state index is -3.01. The number of sulfone groups is 1. The molecule has 0 aliphatic carbocycles. The molecule has 7 heteroatoms. The molecule has 0 saturated carbocycles. The van der Waals surface area contributed by atoms with Crippen LogP contribution < -0.4 is 10.6 Å². The van der Waals surface area contributed by atoms with Gasteiger partial charge in [-0.05, 0) is 37.6 Å². The Bertz CT molecular complexity index is 1090. The minimum absolute atomic E-state index is 0.0262. The smallest absolute Gasteiger partial charge is 0.242 e. The van der Waals surface area contributed by atoms with E-state index in [0.717, 1.165) is 27.6 Å². The zero-order valence-electron chi connectivity index (χ0n) is 14.4. The van der Waals surface area contributed by atoms with E-state index in [1.54, 1.807) is 6.92 Å². The van der Waals surface area contributed by atoms with Crippen molar-refractivity contribution in [3.63, 3.8) is 0 Å². The largest absolute Gasteiger partial charge is 0.456 e. The number of carbonyl (C=O) groups is 1. The number of hydrogen-bond acceptors (Lipinski definition) is 5. The first kappa shape index (κ1) is 16.9. The molecule has 0 unspecified atom stereocenters. The van der Waals surface area contributed by atoms with E-state index < -0.39 is 15.9 Å². The molecule has 1 aromatic heterocycles.